The first-order valence-electron chi connectivity index (χ1n) is 15.3. The summed E-state index contributed by atoms with van der Waals surface area (Å²) in [5.74, 6) is -0.657. The van der Waals surface area contributed by atoms with Gasteiger partial charge < -0.3 is 14.5 Å². The van der Waals surface area contributed by atoms with Gasteiger partial charge >= 0.3 is 6.09 Å². The Labute approximate surface area is 263 Å². The van der Waals surface area contributed by atoms with Crippen LogP contribution in [0.1, 0.15) is 49.9 Å². The Balaban J connectivity index is 1.49. The van der Waals surface area contributed by atoms with E-state index in [1.807, 2.05) is 116 Å². The van der Waals surface area contributed by atoms with Gasteiger partial charge in [-0.1, -0.05) is 97.1 Å². The van der Waals surface area contributed by atoms with Crippen LogP contribution < -0.4 is 15.1 Å². The Kier molecular flexibility index (Phi) is 6.60. The average Bonchev–Trinajstić information content (AvgIpc) is 3.54. The van der Waals surface area contributed by atoms with Crippen molar-refractivity contribution in [1.29, 1.82) is 0 Å². The second-order valence-corrected chi connectivity index (χ2v) is 12.9. The molecule has 8 nitrogen and oxygen atoms in total. The van der Waals surface area contributed by atoms with Crippen LogP contribution in [0.25, 0.3) is 0 Å². The van der Waals surface area contributed by atoms with E-state index in [0.29, 0.717) is 29.0 Å². The fourth-order valence-corrected chi connectivity index (χ4v) is 7.38. The van der Waals surface area contributed by atoms with Crippen LogP contribution in [0.2, 0.25) is 0 Å². The maximum Gasteiger partial charge on any atom is 0.412 e. The normalized spacial score (nSPS) is 23.6. The van der Waals surface area contributed by atoms with Crippen LogP contribution in [0, 0.1) is 0 Å². The van der Waals surface area contributed by atoms with Gasteiger partial charge in [0.05, 0.1) is 24.9 Å². The van der Waals surface area contributed by atoms with Crippen LogP contribution in [-0.2, 0) is 38.5 Å². The summed E-state index contributed by atoms with van der Waals surface area (Å²) >= 11 is 0. The van der Waals surface area contributed by atoms with Gasteiger partial charge in [0.15, 0.2) is 11.1 Å². The van der Waals surface area contributed by atoms with Crippen molar-refractivity contribution in [2.75, 3.05) is 9.80 Å². The van der Waals surface area contributed by atoms with E-state index < -0.39 is 28.9 Å². The number of benzene rings is 4. The van der Waals surface area contributed by atoms with Crippen LogP contribution >= 0.6 is 0 Å². The minimum absolute atomic E-state index is 0.272. The molecule has 1 fully saturated rings. The number of carbonyl (C=O) groups excluding carboxylic acids is 3. The van der Waals surface area contributed by atoms with Gasteiger partial charge in [-0.15, -0.1) is 0 Å². The lowest BCUT2D eigenvalue weighted by molar-refractivity contribution is -0.140. The summed E-state index contributed by atoms with van der Waals surface area (Å²) in [6.07, 6.45) is -1.40. The van der Waals surface area contributed by atoms with Crippen LogP contribution in [0.5, 0.6) is 0 Å². The number of ether oxygens (including phenoxy) is 1. The van der Waals surface area contributed by atoms with E-state index in [4.69, 9.17) is 4.74 Å². The van der Waals surface area contributed by atoms with Crippen molar-refractivity contribution >= 4 is 29.3 Å². The molecule has 3 aliphatic rings. The number of amides is 3. The van der Waals surface area contributed by atoms with Crippen molar-refractivity contribution in [3.8, 4) is 0 Å². The molecule has 0 radical (unpaired) electrons. The van der Waals surface area contributed by atoms with Crippen molar-refractivity contribution in [2.24, 2.45) is 0 Å². The molecule has 0 aromatic heterocycles. The fourth-order valence-electron chi connectivity index (χ4n) is 7.38. The first-order chi connectivity index (χ1) is 21.6. The minimum atomic E-state index is -1.78. The molecular weight excluding hydrogens is 564 g/mol. The Morgan fingerprint density at radius 2 is 1.18 bits per heavy atom. The lowest BCUT2D eigenvalue weighted by Crippen LogP contribution is -2.66. The molecule has 8 heteroatoms. The van der Waals surface area contributed by atoms with Gasteiger partial charge in [-0.2, -0.15) is 0 Å². The van der Waals surface area contributed by atoms with E-state index in [-0.39, 0.29) is 18.4 Å². The van der Waals surface area contributed by atoms with E-state index in [2.05, 4.69) is 5.32 Å². The lowest BCUT2D eigenvalue weighted by atomic mass is 9.69. The molecule has 3 unspecified atom stereocenters. The second-order valence-electron chi connectivity index (χ2n) is 12.9. The monoisotopic (exact) mass is 600 g/mol. The molecule has 3 aliphatic heterocycles. The molecule has 228 valence electrons. The highest BCUT2D eigenvalue weighted by Gasteiger charge is 2.79. The summed E-state index contributed by atoms with van der Waals surface area (Å²) in [5, 5.41) is 3.54. The van der Waals surface area contributed by atoms with E-state index in [9.17, 15) is 4.79 Å². The molecule has 0 bridgehead atoms. The molecule has 1 N–H and O–H groups in total. The van der Waals surface area contributed by atoms with Crippen LogP contribution in [0.3, 0.4) is 0 Å². The molecule has 4 aromatic carbocycles. The topological polar surface area (TPSA) is 82.2 Å². The Bertz CT molecular complexity index is 1800. The molecule has 3 amide bonds. The zero-order valence-corrected chi connectivity index (χ0v) is 25.9. The van der Waals surface area contributed by atoms with Gasteiger partial charge in [0.25, 0.3) is 11.8 Å². The third kappa shape index (κ3) is 4.12. The summed E-state index contributed by atoms with van der Waals surface area (Å²) in [7, 11) is 0. The number of nitrogens with one attached hydrogen (secondary N) is 1. The van der Waals surface area contributed by atoms with Gasteiger partial charge in [0.1, 0.15) is 5.60 Å². The van der Waals surface area contributed by atoms with Gasteiger partial charge in [-0.05, 0) is 51.0 Å². The molecule has 7 rings (SSSR count). The predicted octanol–water partition coefficient (Wildman–Crippen LogP) is 6.06. The zero-order chi connectivity index (χ0) is 31.6. The maximum absolute atomic E-state index is 15.5. The standard InChI is InChI=1S/C37H36N4O4/c1-25-38-36(28-19-11-13-21-30(28)39(32(36)42)23-26-15-7-5-8-16-26)37(41(25)34(44)45-35(2,3)4)29-20-12-14-22-31(29)40(33(37)43)24-27-17-9-6-10-18-27/h5-22,25,38H,23-24H2,1-4H3. The number of rotatable bonds is 4. The fraction of sp³-hybridized carbons (Fsp3) is 0.270. The SMILES string of the molecule is CC1NC2(C(=O)N(Cc3ccccc3)c3ccccc32)C2(C(=O)N(Cc3ccccc3)c3ccccc32)N1C(=O)OC(C)(C)C. The molecule has 2 spiro atoms. The van der Waals surface area contributed by atoms with Crippen molar-refractivity contribution < 1.29 is 19.1 Å². The molecule has 1 saturated heterocycles. The maximum atomic E-state index is 15.5. The number of nitrogens with zero attached hydrogens (tertiary/aromatic N) is 3. The van der Waals surface area contributed by atoms with Gasteiger partial charge in [-0.3, -0.25) is 19.8 Å². The Morgan fingerprint density at radius 3 is 1.73 bits per heavy atom. The van der Waals surface area contributed by atoms with Crippen molar-refractivity contribution in [3.05, 3.63) is 131 Å². The number of fused-ring (bicyclic) bond motifs is 5. The highest BCUT2D eigenvalue weighted by molar-refractivity contribution is 6.19. The van der Waals surface area contributed by atoms with Crippen molar-refractivity contribution in [2.45, 2.75) is 63.6 Å². The summed E-state index contributed by atoms with van der Waals surface area (Å²) in [6, 6.07) is 34.6. The van der Waals surface area contributed by atoms with E-state index in [1.165, 1.54) is 4.90 Å². The summed E-state index contributed by atoms with van der Waals surface area (Å²) in [6.45, 7) is 7.78. The highest BCUT2D eigenvalue weighted by atomic mass is 16.6. The van der Waals surface area contributed by atoms with Gasteiger partial charge in [0.2, 0.25) is 0 Å². The van der Waals surface area contributed by atoms with Gasteiger partial charge in [0, 0.05) is 16.8 Å². The first-order valence-corrected chi connectivity index (χ1v) is 15.3. The second kappa shape index (κ2) is 10.3. The quantitative estimate of drug-likeness (QED) is 0.308. The third-order valence-electron chi connectivity index (χ3n) is 8.98. The number of hydrogen-bond acceptors (Lipinski definition) is 5. The number of hydrogen-bond donors (Lipinski definition) is 1. The molecule has 0 aliphatic carbocycles. The highest BCUT2D eigenvalue weighted by Crippen LogP contribution is 2.62. The summed E-state index contributed by atoms with van der Waals surface area (Å²) < 4.78 is 6.00. The molecule has 3 atom stereocenters. The molecule has 0 saturated carbocycles. The van der Waals surface area contributed by atoms with Crippen molar-refractivity contribution in [1.82, 2.24) is 10.2 Å². The van der Waals surface area contributed by atoms with E-state index in [1.54, 1.807) is 30.6 Å². The number of para-hydroxylation sites is 2. The third-order valence-corrected chi connectivity index (χ3v) is 8.98. The number of carbonyl (C=O) groups is 3. The smallest absolute Gasteiger partial charge is 0.412 e. The Hall–Kier alpha value is -4.95. The average molecular weight is 601 g/mol. The molecule has 45 heavy (non-hydrogen) atoms. The largest absolute Gasteiger partial charge is 0.444 e. The van der Waals surface area contributed by atoms with Crippen LogP contribution in [-0.4, -0.2) is 34.6 Å². The minimum Gasteiger partial charge on any atom is -0.444 e. The van der Waals surface area contributed by atoms with Gasteiger partial charge in [-0.25, -0.2) is 4.79 Å². The van der Waals surface area contributed by atoms with Crippen LogP contribution in [0.4, 0.5) is 16.2 Å². The summed E-state index contributed by atoms with van der Waals surface area (Å²) in [4.78, 5) is 50.0. The van der Waals surface area contributed by atoms with Crippen molar-refractivity contribution in [3.63, 3.8) is 0 Å². The van der Waals surface area contributed by atoms with Crippen LogP contribution in [0.15, 0.2) is 109 Å². The van der Waals surface area contributed by atoms with E-state index in [0.717, 1.165) is 11.1 Å². The first kappa shape index (κ1) is 28.8. The molecule has 3 heterocycles. The number of anilines is 2. The summed E-state index contributed by atoms with van der Waals surface area (Å²) in [5.41, 5.74) is 0.211. The van der Waals surface area contributed by atoms with E-state index >= 15 is 9.59 Å². The molecular formula is C37H36N4O4. The molecule has 4 aromatic rings. The predicted molar refractivity (Wildman–Crippen MR) is 172 cm³/mol. The zero-order valence-electron chi connectivity index (χ0n) is 25.9. The lowest BCUT2D eigenvalue weighted by Gasteiger charge is -2.42. The Morgan fingerprint density at radius 1 is 0.711 bits per heavy atom.